The van der Waals surface area contributed by atoms with Crippen LogP contribution in [0.4, 0.5) is 5.69 Å². The first kappa shape index (κ1) is 22.4. The first-order valence-corrected chi connectivity index (χ1v) is 11.3. The van der Waals surface area contributed by atoms with Gasteiger partial charge in [-0.05, 0) is 55.8 Å². The fourth-order valence-corrected chi connectivity index (χ4v) is 4.38. The van der Waals surface area contributed by atoms with Crippen LogP contribution in [0.5, 0.6) is 0 Å². The van der Waals surface area contributed by atoms with Gasteiger partial charge in [0.25, 0.3) is 0 Å². The molecule has 1 fully saturated rings. The zero-order chi connectivity index (χ0) is 22.8. The van der Waals surface area contributed by atoms with Gasteiger partial charge in [-0.2, -0.15) is 5.10 Å². The maximum absolute atomic E-state index is 12.7. The minimum absolute atomic E-state index is 0.0102. The van der Waals surface area contributed by atoms with Crippen molar-refractivity contribution in [3.8, 4) is 5.69 Å². The van der Waals surface area contributed by atoms with Gasteiger partial charge >= 0.3 is 5.69 Å². The second-order valence-corrected chi connectivity index (χ2v) is 8.90. The first-order chi connectivity index (χ1) is 15.3. The van der Waals surface area contributed by atoms with Crippen LogP contribution in [0.1, 0.15) is 25.5 Å². The smallest absolute Gasteiger partial charge is 0.350 e. The van der Waals surface area contributed by atoms with Crippen molar-refractivity contribution < 1.29 is 4.79 Å². The molecule has 7 nitrogen and oxygen atoms in total. The van der Waals surface area contributed by atoms with E-state index >= 15 is 0 Å². The van der Waals surface area contributed by atoms with E-state index in [-0.39, 0.29) is 24.1 Å². The molecule has 0 bridgehead atoms. The van der Waals surface area contributed by atoms with E-state index in [0.29, 0.717) is 28.7 Å². The van der Waals surface area contributed by atoms with Crippen LogP contribution in [-0.4, -0.2) is 51.3 Å². The van der Waals surface area contributed by atoms with Gasteiger partial charge in [-0.1, -0.05) is 29.3 Å². The maximum Gasteiger partial charge on any atom is 0.350 e. The van der Waals surface area contributed by atoms with Gasteiger partial charge in [0.05, 0.1) is 18.2 Å². The Balaban J connectivity index is 1.38. The van der Waals surface area contributed by atoms with Gasteiger partial charge in [0, 0.05) is 41.9 Å². The lowest BCUT2D eigenvalue weighted by atomic mass is 10.1. The molecule has 32 heavy (non-hydrogen) atoms. The highest BCUT2D eigenvalue weighted by atomic mass is 35.5. The molecule has 0 radical (unpaired) electrons. The summed E-state index contributed by atoms with van der Waals surface area (Å²) in [6.45, 7) is 6.57. The Kier molecular flexibility index (Phi) is 6.58. The predicted octanol–water partition coefficient (Wildman–Crippen LogP) is 3.81. The van der Waals surface area contributed by atoms with Gasteiger partial charge < -0.3 is 9.80 Å². The third kappa shape index (κ3) is 4.54. The zero-order valence-electron chi connectivity index (χ0n) is 18.0. The van der Waals surface area contributed by atoms with E-state index in [4.69, 9.17) is 23.2 Å². The van der Waals surface area contributed by atoms with E-state index in [2.05, 4.69) is 10.00 Å². The molecule has 1 aliphatic heterocycles. The fraction of sp³-hybridized carbons (Fsp3) is 0.348. The minimum atomic E-state index is -0.154. The number of hydrogen-bond donors (Lipinski definition) is 0. The first-order valence-electron chi connectivity index (χ1n) is 10.6. The second-order valence-electron chi connectivity index (χ2n) is 8.08. The number of benzene rings is 2. The molecule has 9 heteroatoms. The van der Waals surface area contributed by atoms with Crippen molar-refractivity contribution >= 4 is 34.8 Å². The normalized spacial score (nSPS) is 14.3. The lowest BCUT2D eigenvalue weighted by Crippen LogP contribution is -2.49. The Morgan fingerprint density at radius 1 is 0.969 bits per heavy atom. The van der Waals surface area contributed by atoms with Gasteiger partial charge in [0.15, 0.2) is 0 Å². The van der Waals surface area contributed by atoms with Gasteiger partial charge in [0.1, 0.15) is 6.33 Å². The Morgan fingerprint density at radius 3 is 2.12 bits per heavy atom. The molecular formula is C23H25Cl2N5O2. The number of carbonyl (C=O) groups excluding carboxylic acids is 1. The molecule has 0 atom stereocenters. The Hall–Kier alpha value is -2.77. The molecule has 168 valence electrons. The van der Waals surface area contributed by atoms with Crippen LogP contribution >= 0.6 is 23.2 Å². The molecule has 2 aromatic carbocycles. The fourth-order valence-electron chi connectivity index (χ4n) is 3.85. The van der Waals surface area contributed by atoms with E-state index in [9.17, 15) is 9.59 Å². The number of halogens is 2. The van der Waals surface area contributed by atoms with Crippen molar-refractivity contribution in [1.29, 1.82) is 0 Å². The lowest BCUT2D eigenvalue weighted by Gasteiger charge is -2.36. The summed E-state index contributed by atoms with van der Waals surface area (Å²) in [6, 6.07) is 13.1. The molecular weight excluding hydrogens is 449 g/mol. The summed E-state index contributed by atoms with van der Waals surface area (Å²) in [5, 5.41) is 5.20. The molecule has 3 aromatic rings. The minimum Gasteiger partial charge on any atom is -0.368 e. The van der Waals surface area contributed by atoms with Crippen molar-refractivity contribution in [2.45, 2.75) is 26.3 Å². The van der Waals surface area contributed by atoms with Gasteiger partial charge in [-0.15, -0.1) is 0 Å². The molecule has 1 aromatic heterocycles. The Labute approximate surface area is 196 Å². The number of piperazine rings is 1. The molecule has 1 saturated heterocycles. The molecule has 0 saturated carbocycles. The average Bonchev–Trinajstić information content (AvgIpc) is 3.18. The molecule has 0 unspecified atom stereocenters. The van der Waals surface area contributed by atoms with E-state index in [0.717, 1.165) is 24.5 Å². The van der Waals surface area contributed by atoms with E-state index < -0.39 is 0 Å². The number of amides is 1. The predicted molar refractivity (Wildman–Crippen MR) is 127 cm³/mol. The lowest BCUT2D eigenvalue weighted by molar-refractivity contribution is -0.130. The number of hydrogen-bond acceptors (Lipinski definition) is 4. The van der Waals surface area contributed by atoms with Crippen LogP contribution in [0.3, 0.4) is 0 Å². The molecule has 0 aliphatic carbocycles. The van der Waals surface area contributed by atoms with Crippen molar-refractivity contribution in [2.24, 2.45) is 0 Å². The number of rotatable bonds is 5. The van der Waals surface area contributed by atoms with E-state index in [1.807, 2.05) is 43.0 Å². The van der Waals surface area contributed by atoms with Crippen molar-refractivity contribution in [1.82, 2.24) is 19.2 Å². The maximum atomic E-state index is 12.7. The van der Waals surface area contributed by atoms with Crippen LogP contribution in [0, 0.1) is 0 Å². The summed E-state index contributed by atoms with van der Waals surface area (Å²) in [4.78, 5) is 29.3. The van der Waals surface area contributed by atoms with Crippen molar-refractivity contribution in [2.75, 3.05) is 31.1 Å². The topological polar surface area (TPSA) is 63.4 Å². The molecule has 2 heterocycles. The standard InChI is InChI=1S/C23H25Cl2N5O2/c1-16(2)30-23(32)29(15-26-30)18-8-6-17(7-9-18)27-10-12-28(13-11-27)22(31)14-19-20(24)4-3-5-21(19)25/h3-9,15-16H,10-14H2,1-2H3. The van der Waals surface area contributed by atoms with E-state index in [1.54, 1.807) is 29.1 Å². The van der Waals surface area contributed by atoms with Crippen molar-refractivity contribution in [3.63, 3.8) is 0 Å². The van der Waals surface area contributed by atoms with E-state index in [1.165, 1.54) is 4.68 Å². The van der Waals surface area contributed by atoms with Gasteiger partial charge in [-0.25, -0.2) is 14.0 Å². The third-order valence-corrected chi connectivity index (χ3v) is 6.41. The molecule has 4 rings (SSSR count). The summed E-state index contributed by atoms with van der Waals surface area (Å²) in [5.41, 5.74) is 2.35. The zero-order valence-corrected chi connectivity index (χ0v) is 19.6. The van der Waals surface area contributed by atoms with Crippen LogP contribution in [0.25, 0.3) is 5.69 Å². The van der Waals surface area contributed by atoms with Crippen LogP contribution in [0.15, 0.2) is 53.6 Å². The second kappa shape index (κ2) is 9.38. The van der Waals surface area contributed by atoms with Gasteiger partial charge in [0.2, 0.25) is 5.91 Å². The molecule has 0 spiro atoms. The summed E-state index contributed by atoms with van der Waals surface area (Å²) < 4.78 is 3.00. The Morgan fingerprint density at radius 2 is 1.56 bits per heavy atom. The number of anilines is 1. The highest BCUT2D eigenvalue weighted by Crippen LogP contribution is 2.26. The SMILES string of the molecule is CC(C)n1ncn(-c2ccc(N3CCN(C(=O)Cc4c(Cl)cccc4Cl)CC3)cc2)c1=O. The molecule has 1 aliphatic rings. The van der Waals surface area contributed by atoms with Crippen LogP contribution in [-0.2, 0) is 11.2 Å². The Bertz CT molecular complexity index is 1140. The monoisotopic (exact) mass is 473 g/mol. The summed E-state index contributed by atoms with van der Waals surface area (Å²) >= 11 is 12.4. The number of carbonyl (C=O) groups is 1. The van der Waals surface area contributed by atoms with Crippen molar-refractivity contribution in [3.05, 3.63) is 74.9 Å². The third-order valence-electron chi connectivity index (χ3n) is 5.70. The largest absolute Gasteiger partial charge is 0.368 e. The molecule has 1 amide bonds. The van der Waals surface area contributed by atoms with Crippen LogP contribution < -0.4 is 10.6 Å². The summed E-state index contributed by atoms with van der Waals surface area (Å²) in [5.74, 6) is 0.0246. The number of aromatic nitrogens is 3. The highest BCUT2D eigenvalue weighted by molar-refractivity contribution is 6.36. The van der Waals surface area contributed by atoms with Crippen LogP contribution in [0.2, 0.25) is 10.0 Å². The van der Waals surface area contributed by atoms with Gasteiger partial charge in [-0.3, -0.25) is 4.79 Å². The quantitative estimate of drug-likeness (QED) is 0.564. The average molecular weight is 474 g/mol. The highest BCUT2D eigenvalue weighted by Gasteiger charge is 2.23. The number of nitrogens with zero attached hydrogens (tertiary/aromatic N) is 5. The molecule has 0 N–H and O–H groups in total. The summed E-state index contributed by atoms with van der Waals surface area (Å²) in [7, 11) is 0. The summed E-state index contributed by atoms with van der Waals surface area (Å²) in [6.07, 6.45) is 1.75.